The van der Waals surface area contributed by atoms with Gasteiger partial charge >= 0.3 is 5.97 Å². The number of carbonyl (C=O) groups is 1. The second kappa shape index (κ2) is 7.58. The van der Waals surface area contributed by atoms with Crippen LogP contribution >= 0.6 is 11.8 Å². The summed E-state index contributed by atoms with van der Waals surface area (Å²) < 4.78 is 25.4. The summed E-state index contributed by atoms with van der Waals surface area (Å²) in [6.45, 7) is 5.92. The Labute approximate surface area is 167 Å². The highest BCUT2D eigenvalue weighted by atomic mass is 32.2. The van der Waals surface area contributed by atoms with E-state index in [1.165, 1.54) is 18.1 Å². The number of hydrogen-bond donors (Lipinski definition) is 0. The molecular formula is C18H24N4O5S. The van der Waals surface area contributed by atoms with E-state index in [1.54, 1.807) is 13.3 Å². The van der Waals surface area contributed by atoms with Crippen molar-refractivity contribution < 1.29 is 23.7 Å². The van der Waals surface area contributed by atoms with Crippen LogP contribution in [0.15, 0.2) is 17.7 Å². The number of hydrogen-bond acceptors (Lipinski definition) is 9. The Morgan fingerprint density at radius 1 is 1.29 bits per heavy atom. The third-order valence-electron chi connectivity index (χ3n) is 4.86. The maximum absolute atomic E-state index is 11.8. The van der Waals surface area contributed by atoms with Gasteiger partial charge in [0, 0.05) is 6.42 Å². The Bertz CT molecular complexity index is 873. The first-order chi connectivity index (χ1) is 13.4. The number of nitrogens with zero attached hydrogens (tertiary/aromatic N) is 4. The predicted octanol–water partition coefficient (Wildman–Crippen LogP) is 2.31. The van der Waals surface area contributed by atoms with Gasteiger partial charge in [0.2, 0.25) is 0 Å². The molecule has 10 heteroatoms. The molecule has 0 unspecified atom stereocenters. The molecule has 0 amide bonds. The number of aromatic nitrogens is 4. The molecule has 28 heavy (non-hydrogen) atoms. The van der Waals surface area contributed by atoms with E-state index in [-0.39, 0.29) is 30.7 Å². The molecule has 0 spiro atoms. The molecule has 152 valence electrons. The quantitative estimate of drug-likeness (QED) is 0.405. The highest BCUT2D eigenvalue weighted by Crippen LogP contribution is 2.45. The molecule has 0 bridgehead atoms. The lowest BCUT2D eigenvalue weighted by Crippen LogP contribution is -2.30. The zero-order valence-electron chi connectivity index (χ0n) is 16.3. The fourth-order valence-corrected chi connectivity index (χ4v) is 4.26. The normalized spacial score (nSPS) is 28.6. The largest absolute Gasteiger partial charge is 0.466 e. The van der Waals surface area contributed by atoms with Gasteiger partial charge in [-0.15, -0.1) is 11.8 Å². The molecule has 2 saturated heterocycles. The number of esters is 1. The van der Waals surface area contributed by atoms with Crippen molar-refractivity contribution in [3.8, 4) is 0 Å². The van der Waals surface area contributed by atoms with Crippen molar-refractivity contribution >= 4 is 28.9 Å². The van der Waals surface area contributed by atoms with Crippen LogP contribution < -0.4 is 0 Å². The second-order valence-corrected chi connectivity index (χ2v) is 7.98. The SMILES string of the molecule is CCOC(=O)CC[C@H]1O[C@@H](n2cnc3c(SC)ncnc32)[C@@H]2OC(C)(C)O[C@@H]21. The zero-order valence-corrected chi connectivity index (χ0v) is 17.1. The van der Waals surface area contributed by atoms with Gasteiger partial charge in [0.15, 0.2) is 17.7 Å². The van der Waals surface area contributed by atoms with E-state index in [1.807, 2.05) is 24.7 Å². The van der Waals surface area contributed by atoms with E-state index >= 15 is 0 Å². The van der Waals surface area contributed by atoms with Gasteiger partial charge in [-0.1, -0.05) is 0 Å². The summed E-state index contributed by atoms with van der Waals surface area (Å²) >= 11 is 1.51. The van der Waals surface area contributed by atoms with E-state index in [2.05, 4.69) is 15.0 Å². The topological polar surface area (TPSA) is 97.6 Å². The van der Waals surface area contributed by atoms with E-state index in [0.717, 1.165) is 10.5 Å². The molecule has 0 radical (unpaired) electrons. The first-order valence-electron chi connectivity index (χ1n) is 9.31. The van der Waals surface area contributed by atoms with Crippen LogP contribution in [0.25, 0.3) is 11.2 Å². The molecule has 2 aliphatic rings. The zero-order chi connectivity index (χ0) is 19.9. The lowest BCUT2D eigenvalue weighted by molar-refractivity contribution is -0.197. The van der Waals surface area contributed by atoms with Crippen molar-refractivity contribution in [1.29, 1.82) is 0 Å². The van der Waals surface area contributed by atoms with Gasteiger partial charge in [0.1, 0.15) is 29.1 Å². The Morgan fingerprint density at radius 2 is 2.07 bits per heavy atom. The van der Waals surface area contributed by atoms with Crippen molar-refractivity contribution in [2.45, 2.75) is 69.0 Å². The predicted molar refractivity (Wildman–Crippen MR) is 101 cm³/mol. The summed E-state index contributed by atoms with van der Waals surface area (Å²) in [6.07, 6.45) is 4.58. The van der Waals surface area contributed by atoms with Crippen LogP contribution in [0.2, 0.25) is 0 Å². The number of rotatable bonds is 6. The molecule has 2 aromatic heterocycles. The Morgan fingerprint density at radius 3 is 2.82 bits per heavy atom. The summed E-state index contributed by atoms with van der Waals surface area (Å²) in [6, 6.07) is 0. The standard InChI is InChI=1S/C18H24N4O5S/c1-5-24-11(23)7-6-10-13-14(27-18(2,3)26-13)17(25-10)22-9-21-12-15(22)19-8-20-16(12)28-4/h8-10,13-14,17H,5-7H2,1-4H3/t10-,13-,14-,17-/m1/s1. The van der Waals surface area contributed by atoms with Gasteiger partial charge in [0.05, 0.1) is 19.0 Å². The minimum atomic E-state index is -0.727. The van der Waals surface area contributed by atoms with Crippen molar-refractivity contribution in [3.63, 3.8) is 0 Å². The van der Waals surface area contributed by atoms with E-state index < -0.39 is 12.0 Å². The molecule has 4 rings (SSSR count). The Kier molecular flexibility index (Phi) is 5.30. The highest BCUT2D eigenvalue weighted by Gasteiger charge is 2.56. The van der Waals surface area contributed by atoms with Gasteiger partial charge in [-0.25, -0.2) is 15.0 Å². The molecule has 4 heterocycles. The molecule has 4 atom stereocenters. The van der Waals surface area contributed by atoms with Crippen LogP contribution in [-0.2, 0) is 23.7 Å². The summed E-state index contributed by atoms with van der Waals surface area (Å²) in [7, 11) is 0. The molecule has 2 fully saturated rings. The van der Waals surface area contributed by atoms with Gasteiger partial charge < -0.3 is 18.9 Å². The maximum Gasteiger partial charge on any atom is 0.305 e. The van der Waals surface area contributed by atoms with Crippen LogP contribution in [0.5, 0.6) is 0 Å². The number of carbonyl (C=O) groups excluding carboxylic acids is 1. The van der Waals surface area contributed by atoms with E-state index in [4.69, 9.17) is 18.9 Å². The molecule has 0 saturated carbocycles. The maximum atomic E-state index is 11.8. The molecule has 0 aliphatic carbocycles. The Hall–Kier alpha value is -1.75. The number of thioether (sulfide) groups is 1. The van der Waals surface area contributed by atoms with Crippen molar-refractivity contribution in [2.75, 3.05) is 12.9 Å². The summed E-state index contributed by atoms with van der Waals surface area (Å²) in [4.78, 5) is 24.9. The van der Waals surface area contributed by atoms with Crippen molar-refractivity contribution in [2.24, 2.45) is 0 Å². The van der Waals surface area contributed by atoms with Gasteiger partial charge in [0.25, 0.3) is 0 Å². The van der Waals surface area contributed by atoms with Gasteiger partial charge in [-0.05, 0) is 33.4 Å². The summed E-state index contributed by atoms with van der Waals surface area (Å²) in [5.41, 5.74) is 1.41. The summed E-state index contributed by atoms with van der Waals surface area (Å²) in [5, 5.41) is 0.807. The number of ether oxygens (including phenoxy) is 4. The van der Waals surface area contributed by atoms with Crippen molar-refractivity contribution in [1.82, 2.24) is 19.5 Å². The van der Waals surface area contributed by atoms with Crippen LogP contribution in [-0.4, -0.2) is 62.5 Å². The Balaban J connectivity index is 1.61. The lowest BCUT2D eigenvalue weighted by Gasteiger charge is -2.24. The molecule has 2 aliphatic heterocycles. The smallest absolute Gasteiger partial charge is 0.305 e. The fourth-order valence-electron chi connectivity index (χ4n) is 3.77. The van der Waals surface area contributed by atoms with Crippen LogP contribution in [0, 0.1) is 0 Å². The molecule has 2 aromatic rings. The monoisotopic (exact) mass is 408 g/mol. The van der Waals surface area contributed by atoms with E-state index in [9.17, 15) is 4.79 Å². The third kappa shape index (κ3) is 3.49. The third-order valence-corrected chi connectivity index (χ3v) is 5.54. The average molecular weight is 408 g/mol. The average Bonchev–Trinajstić information content (AvgIpc) is 3.31. The molecule has 0 N–H and O–H groups in total. The number of imidazole rings is 1. The van der Waals surface area contributed by atoms with E-state index in [0.29, 0.717) is 18.7 Å². The molecule has 9 nitrogen and oxygen atoms in total. The van der Waals surface area contributed by atoms with Crippen LogP contribution in [0.1, 0.15) is 39.8 Å². The fraction of sp³-hybridized carbons (Fsp3) is 0.667. The molecular weight excluding hydrogens is 384 g/mol. The first-order valence-corrected chi connectivity index (χ1v) is 10.5. The lowest BCUT2D eigenvalue weighted by atomic mass is 10.1. The molecule has 0 aromatic carbocycles. The van der Waals surface area contributed by atoms with Crippen molar-refractivity contribution in [3.05, 3.63) is 12.7 Å². The minimum Gasteiger partial charge on any atom is -0.466 e. The van der Waals surface area contributed by atoms with Crippen LogP contribution in [0.3, 0.4) is 0 Å². The van der Waals surface area contributed by atoms with Crippen LogP contribution in [0.4, 0.5) is 0 Å². The second-order valence-electron chi connectivity index (χ2n) is 7.18. The minimum absolute atomic E-state index is 0.241. The summed E-state index contributed by atoms with van der Waals surface area (Å²) in [5.74, 6) is -0.968. The highest BCUT2D eigenvalue weighted by molar-refractivity contribution is 7.98. The first kappa shape index (κ1) is 19.6. The number of fused-ring (bicyclic) bond motifs is 2. The van der Waals surface area contributed by atoms with Gasteiger partial charge in [-0.2, -0.15) is 0 Å². The van der Waals surface area contributed by atoms with Gasteiger partial charge in [-0.3, -0.25) is 9.36 Å².